The molecule has 5 nitrogen and oxygen atoms in total. The van der Waals surface area contributed by atoms with Crippen LogP contribution in [0.4, 0.5) is 4.39 Å². The van der Waals surface area contributed by atoms with Crippen LogP contribution in [0.25, 0.3) is 10.9 Å². The number of aryl methyl sites for hydroxylation is 1. The minimum absolute atomic E-state index is 0.0689. The molecule has 0 saturated heterocycles. The van der Waals surface area contributed by atoms with E-state index in [-0.39, 0.29) is 10.9 Å². The molecule has 0 unspecified atom stereocenters. The number of halogens is 2. The zero-order valence-electron chi connectivity index (χ0n) is 19.1. The van der Waals surface area contributed by atoms with Gasteiger partial charge in [-0.1, -0.05) is 30.7 Å². The topological polar surface area (TPSA) is 65.4 Å². The maximum Gasteiger partial charge on any atom is 0.303 e. The number of benzene rings is 2. The Kier molecular flexibility index (Phi) is 6.08. The Labute approximate surface area is 198 Å². The molecule has 0 bridgehead atoms. The van der Waals surface area contributed by atoms with E-state index < -0.39 is 27.2 Å². The molecule has 0 saturated carbocycles. The molecule has 2 aromatic carbocycles. The van der Waals surface area contributed by atoms with Gasteiger partial charge in [0.15, 0.2) is 15.4 Å². The molecule has 4 rings (SSSR count). The van der Waals surface area contributed by atoms with Crippen molar-refractivity contribution in [1.82, 2.24) is 4.57 Å². The van der Waals surface area contributed by atoms with Crippen molar-refractivity contribution in [3.63, 3.8) is 0 Å². The molecule has 1 aliphatic carbocycles. The van der Waals surface area contributed by atoms with Crippen LogP contribution in [0.3, 0.4) is 0 Å². The van der Waals surface area contributed by atoms with Crippen molar-refractivity contribution in [1.29, 1.82) is 0 Å². The molecule has 0 fully saturated rings. The van der Waals surface area contributed by atoms with Crippen molar-refractivity contribution in [2.75, 3.05) is 6.26 Å². The predicted octanol–water partition coefficient (Wildman–Crippen LogP) is 5.95. The summed E-state index contributed by atoms with van der Waals surface area (Å²) in [6.07, 6.45) is 3.59. The predicted molar refractivity (Wildman–Crippen MR) is 127 cm³/mol. The molecule has 0 N–H and O–H groups in total. The van der Waals surface area contributed by atoms with E-state index in [2.05, 4.69) is 0 Å². The number of carbonyl (C=O) groups is 1. The SMILES string of the molecule is CC[C@@]1(OC(C)=O)CCCc2c1n([C@@H](C)c1ccc(Cl)cc1)c1c(S(C)(=O)=O)cc(F)cc21. The van der Waals surface area contributed by atoms with Crippen molar-refractivity contribution in [3.05, 3.63) is 64.1 Å². The second-order valence-electron chi connectivity index (χ2n) is 8.79. The molecule has 0 amide bonds. The second-order valence-corrected chi connectivity index (χ2v) is 11.2. The molecule has 2 atom stereocenters. The maximum atomic E-state index is 14.7. The lowest BCUT2D eigenvalue weighted by molar-refractivity contribution is -0.161. The van der Waals surface area contributed by atoms with E-state index in [9.17, 15) is 17.6 Å². The summed E-state index contributed by atoms with van der Waals surface area (Å²) in [5, 5.41) is 1.14. The van der Waals surface area contributed by atoms with Crippen LogP contribution < -0.4 is 0 Å². The Morgan fingerprint density at radius 3 is 2.52 bits per heavy atom. The van der Waals surface area contributed by atoms with Gasteiger partial charge in [0.2, 0.25) is 0 Å². The van der Waals surface area contributed by atoms with E-state index in [1.165, 1.54) is 13.0 Å². The van der Waals surface area contributed by atoms with E-state index >= 15 is 0 Å². The first-order chi connectivity index (χ1) is 15.5. The van der Waals surface area contributed by atoms with Gasteiger partial charge in [-0.25, -0.2) is 12.8 Å². The van der Waals surface area contributed by atoms with Gasteiger partial charge in [-0.05, 0) is 68.0 Å². The Balaban J connectivity index is 2.18. The lowest BCUT2D eigenvalue weighted by atomic mass is 9.80. The van der Waals surface area contributed by atoms with Crippen LogP contribution >= 0.6 is 11.6 Å². The highest BCUT2D eigenvalue weighted by Crippen LogP contribution is 2.48. The highest BCUT2D eigenvalue weighted by molar-refractivity contribution is 7.91. The van der Waals surface area contributed by atoms with Crippen LogP contribution in [0.2, 0.25) is 5.02 Å². The summed E-state index contributed by atoms with van der Waals surface area (Å²) in [7, 11) is -3.75. The average molecular weight is 492 g/mol. The summed E-state index contributed by atoms with van der Waals surface area (Å²) >= 11 is 6.09. The number of esters is 1. The van der Waals surface area contributed by atoms with E-state index in [0.29, 0.717) is 35.2 Å². The fourth-order valence-electron chi connectivity index (χ4n) is 5.21. The summed E-state index contributed by atoms with van der Waals surface area (Å²) in [6, 6.07) is 9.48. The van der Waals surface area contributed by atoms with Crippen molar-refractivity contribution >= 4 is 38.3 Å². The van der Waals surface area contributed by atoms with Crippen LogP contribution in [0.15, 0.2) is 41.3 Å². The fraction of sp³-hybridized carbons (Fsp3) is 0.400. The minimum atomic E-state index is -3.75. The summed E-state index contributed by atoms with van der Waals surface area (Å²) in [5.41, 5.74) is 2.01. The lowest BCUT2D eigenvalue weighted by Crippen LogP contribution is -2.37. The Morgan fingerprint density at radius 2 is 1.94 bits per heavy atom. The van der Waals surface area contributed by atoms with Gasteiger partial charge in [0.1, 0.15) is 5.82 Å². The largest absolute Gasteiger partial charge is 0.453 e. The number of hydrogen-bond acceptors (Lipinski definition) is 4. The monoisotopic (exact) mass is 491 g/mol. The van der Waals surface area contributed by atoms with E-state index in [4.69, 9.17) is 16.3 Å². The first-order valence-electron chi connectivity index (χ1n) is 11.0. The van der Waals surface area contributed by atoms with Crippen molar-refractivity contribution in [3.8, 4) is 0 Å². The Morgan fingerprint density at radius 1 is 1.27 bits per heavy atom. The highest BCUT2D eigenvalue weighted by Gasteiger charge is 2.44. The highest BCUT2D eigenvalue weighted by atomic mass is 35.5. The number of fused-ring (bicyclic) bond motifs is 3. The summed E-state index contributed by atoms with van der Waals surface area (Å²) in [6.45, 7) is 5.29. The first kappa shape index (κ1) is 23.8. The minimum Gasteiger partial charge on any atom is -0.453 e. The standard InChI is InChI=1S/C25H27ClFNO4S/c1-5-25(32-16(3)29)12-6-7-20-21-13-19(27)14-22(33(4,30)31)23(21)28(24(20)25)15(2)17-8-10-18(26)11-9-17/h8-11,13-15H,5-7,12H2,1-4H3/t15-,25+/m0/s1. The number of hydrogen-bond donors (Lipinski definition) is 0. The van der Waals surface area contributed by atoms with Crippen LogP contribution in [0.1, 0.15) is 62.9 Å². The molecule has 8 heteroatoms. The van der Waals surface area contributed by atoms with Crippen LogP contribution in [-0.4, -0.2) is 25.2 Å². The lowest BCUT2D eigenvalue weighted by Gasteiger charge is -2.38. The fourth-order valence-corrected chi connectivity index (χ4v) is 6.22. The smallest absolute Gasteiger partial charge is 0.303 e. The molecule has 0 spiro atoms. The van der Waals surface area contributed by atoms with Gasteiger partial charge in [-0.3, -0.25) is 4.79 Å². The number of ether oxygens (including phenoxy) is 1. The molecule has 33 heavy (non-hydrogen) atoms. The van der Waals surface area contributed by atoms with E-state index in [1.54, 1.807) is 12.1 Å². The number of carbonyl (C=O) groups excluding carboxylic acids is 1. The van der Waals surface area contributed by atoms with Crippen LogP contribution in [0.5, 0.6) is 0 Å². The first-order valence-corrected chi connectivity index (χ1v) is 13.3. The normalized spacial score (nSPS) is 19.3. The third-order valence-corrected chi connectivity index (χ3v) is 7.98. The van der Waals surface area contributed by atoms with Crippen LogP contribution in [-0.2, 0) is 31.4 Å². The zero-order valence-corrected chi connectivity index (χ0v) is 20.7. The maximum absolute atomic E-state index is 14.7. The molecular weight excluding hydrogens is 465 g/mol. The number of aromatic nitrogens is 1. The third kappa shape index (κ3) is 4.06. The van der Waals surface area contributed by atoms with E-state index in [0.717, 1.165) is 35.6 Å². The molecule has 3 aromatic rings. The summed E-state index contributed by atoms with van der Waals surface area (Å²) in [4.78, 5) is 12.1. The van der Waals surface area contributed by atoms with Gasteiger partial charge in [-0.2, -0.15) is 0 Å². The third-order valence-electron chi connectivity index (χ3n) is 6.62. The second kappa shape index (κ2) is 8.44. The zero-order chi connectivity index (χ0) is 24.1. The van der Waals surface area contributed by atoms with Gasteiger partial charge in [0, 0.05) is 23.6 Å². The van der Waals surface area contributed by atoms with Crippen molar-refractivity contribution < 1.29 is 22.3 Å². The average Bonchev–Trinajstić information content (AvgIpc) is 3.07. The molecule has 176 valence electrons. The quantitative estimate of drug-likeness (QED) is 0.413. The van der Waals surface area contributed by atoms with Crippen LogP contribution in [0, 0.1) is 5.82 Å². The number of sulfone groups is 1. The van der Waals surface area contributed by atoms with Crippen molar-refractivity contribution in [2.45, 2.75) is 63.0 Å². The molecule has 0 aliphatic heterocycles. The number of nitrogens with zero attached hydrogens (tertiary/aromatic N) is 1. The van der Waals surface area contributed by atoms with Gasteiger partial charge < -0.3 is 9.30 Å². The van der Waals surface area contributed by atoms with Gasteiger partial charge in [0.05, 0.1) is 22.1 Å². The van der Waals surface area contributed by atoms with E-state index in [1.807, 2.05) is 30.5 Å². The molecule has 0 radical (unpaired) electrons. The molecule has 1 aromatic heterocycles. The van der Waals surface area contributed by atoms with Gasteiger partial charge >= 0.3 is 5.97 Å². The molecule has 1 aliphatic rings. The van der Waals surface area contributed by atoms with Gasteiger partial charge in [-0.15, -0.1) is 0 Å². The Hall–Kier alpha value is -2.38. The number of rotatable bonds is 5. The molecule has 1 heterocycles. The molecular formula is C25H27ClFNO4S. The summed E-state index contributed by atoms with van der Waals surface area (Å²) in [5.74, 6) is -1.02. The summed E-state index contributed by atoms with van der Waals surface area (Å²) < 4.78 is 48.2. The van der Waals surface area contributed by atoms with Gasteiger partial charge in [0.25, 0.3) is 0 Å². The van der Waals surface area contributed by atoms with Crippen molar-refractivity contribution in [2.24, 2.45) is 0 Å². The Bertz CT molecular complexity index is 1350.